The van der Waals surface area contributed by atoms with E-state index in [1.807, 2.05) is 30.3 Å². The molecule has 2 aromatic heterocycles. The second-order valence-electron chi connectivity index (χ2n) is 7.20. The molecule has 5 rings (SSSR count). The van der Waals surface area contributed by atoms with E-state index in [0.717, 1.165) is 16.5 Å². The topological polar surface area (TPSA) is 87.5 Å². The number of pyridine rings is 2. The van der Waals surface area contributed by atoms with Crippen molar-refractivity contribution >= 4 is 22.8 Å². The van der Waals surface area contributed by atoms with Gasteiger partial charge in [0.2, 0.25) is 5.60 Å². The Kier molecular flexibility index (Phi) is 3.28. The van der Waals surface area contributed by atoms with E-state index in [4.69, 9.17) is 14.5 Å². The third kappa shape index (κ3) is 2.16. The van der Waals surface area contributed by atoms with Crippen molar-refractivity contribution in [3.05, 3.63) is 63.4 Å². The number of hydrogen-bond acceptors (Lipinski definition) is 6. The summed E-state index contributed by atoms with van der Waals surface area (Å²) in [5.41, 5.74) is 1.82. The summed E-state index contributed by atoms with van der Waals surface area (Å²) in [6, 6.07) is 11.5. The highest BCUT2D eigenvalue weighted by Gasteiger charge is 2.47. The number of rotatable bonds is 1. The minimum Gasteiger partial charge on any atom is -0.457 e. The number of benzene rings is 1. The minimum absolute atomic E-state index is 0.143. The van der Waals surface area contributed by atoms with Crippen LogP contribution in [0.25, 0.3) is 22.3 Å². The summed E-state index contributed by atoms with van der Waals surface area (Å²) in [5.74, 6) is -1.32. The van der Waals surface area contributed by atoms with E-state index in [1.165, 1.54) is 13.8 Å². The molecule has 140 valence electrons. The maximum atomic E-state index is 13.2. The van der Waals surface area contributed by atoms with Gasteiger partial charge in [-0.25, -0.2) is 9.78 Å². The van der Waals surface area contributed by atoms with Gasteiger partial charge in [0.25, 0.3) is 5.56 Å². The number of fused-ring (bicyclic) bond motifs is 5. The summed E-state index contributed by atoms with van der Waals surface area (Å²) in [6.07, 6.45) is 0. The fourth-order valence-electron chi connectivity index (χ4n) is 4.05. The van der Waals surface area contributed by atoms with Crippen LogP contribution in [0.2, 0.25) is 0 Å². The van der Waals surface area contributed by atoms with Crippen LogP contribution in [0.15, 0.2) is 41.2 Å². The lowest BCUT2D eigenvalue weighted by Crippen LogP contribution is -2.45. The van der Waals surface area contributed by atoms with Crippen LogP contribution in [0.4, 0.5) is 0 Å². The second-order valence-corrected chi connectivity index (χ2v) is 7.20. The SMILES string of the molecule is CC(=O)O[C@]1(C)C(=O)OCc2c1cc1n(c2=O)Cc2cc3ccccc3nc2-1. The van der Waals surface area contributed by atoms with Gasteiger partial charge in [-0.05, 0) is 25.1 Å². The number of para-hydroxylation sites is 1. The molecule has 0 unspecified atom stereocenters. The number of aromatic nitrogens is 2. The Labute approximate surface area is 159 Å². The summed E-state index contributed by atoms with van der Waals surface area (Å²) in [4.78, 5) is 41.9. The second kappa shape index (κ2) is 5.51. The maximum absolute atomic E-state index is 13.2. The van der Waals surface area contributed by atoms with Gasteiger partial charge in [0, 0.05) is 23.4 Å². The molecule has 0 N–H and O–H groups in total. The number of carbonyl (C=O) groups excluding carboxylic acids is 2. The molecule has 0 fully saturated rings. The Hall–Kier alpha value is -3.48. The molecule has 4 heterocycles. The first-order valence-electron chi connectivity index (χ1n) is 8.91. The van der Waals surface area contributed by atoms with E-state index in [9.17, 15) is 14.4 Å². The molecule has 0 aliphatic carbocycles. The Bertz CT molecular complexity index is 1260. The Morgan fingerprint density at radius 1 is 1.25 bits per heavy atom. The summed E-state index contributed by atoms with van der Waals surface area (Å²) in [6.45, 7) is 2.92. The van der Waals surface area contributed by atoms with Crippen molar-refractivity contribution in [3.8, 4) is 11.4 Å². The fourth-order valence-corrected chi connectivity index (χ4v) is 4.05. The predicted octanol–water partition coefficient (Wildman–Crippen LogP) is 2.26. The molecule has 0 bridgehead atoms. The van der Waals surface area contributed by atoms with Crippen LogP contribution < -0.4 is 5.56 Å². The lowest BCUT2D eigenvalue weighted by Gasteiger charge is -2.33. The molecule has 0 saturated heterocycles. The summed E-state index contributed by atoms with van der Waals surface area (Å²) in [5, 5.41) is 0.995. The molecule has 0 amide bonds. The zero-order valence-corrected chi connectivity index (χ0v) is 15.3. The molecule has 7 nitrogen and oxygen atoms in total. The summed E-state index contributed by atoms with van der Waals surface area (Å²) in [7, 11) is 0. The van der Waals surface area contributed by atoms with E-state index in [-0.39, 0.29) is 12.2 Å². The molecule has 0 spiro atoms. The zero-order chi connectivity index (χ0) is 19.6. The van der Waals surface area contributed by atoms with E-state index < -0.39 is 17.5 Å². The van der Waals surface area contributed by atoms with Crippen LogP contribution in [0.1, 0.15) is 30.5 Å². The lowest BCUT2D eigenvalue weighted by molar-refractivity contribution is -0.185. The molecular formula is C21H16N2O5. The standard InChI is InChI=1S/C21H16N2O5/c1-11(24)28-21(2)15-8-17-18-13(7-12-5-3-4-6-16(12)22-18)9-23(17)19(25)14(15)10-27-20(21)26/h3-8H,9-10H2,1-2H3/t21-/m0/s1. The number of ether oxygens (including phenoxy) is 2. The number of nitrogens with zero attached hydrogens (tertiary/aromatic N) is 2. The first-order chi connectivity index (χ1) is 13.4. The first kappa shape index (κ1) is 16.7. The van der Waals surface area contributed by atoms with E-state index in [2.05, 4.69) is 0 Å². The molecule has 1 atom stereocenters. The van der Waals surface area contributed by atoms with Crippen molar-refractivity contribution < 1.29 is 19.1 Å². The van der Waals surface area contributed by atoms with Crippen molar-refractivity contribution in [2.75, 3.05) is 0 Å². The van der Waals surface area contributed by atoms with Crippen molar-refractivity contribution in [1.82, 2.24) is 9.55 Å². The van der Waals surface area contributed by atoms with Gasteiger partial charge < -0.3 is 14.0 Å². The molecule has 0 radical (unpaired) electrons. The zero-order valence-electron chi connectivity index (χ0n) is 15.3. The van der Waals surface area contributed by atoms with Gasteiger partial charge in [-0.2, -0.15) is 0 Å². The molecule has 7 heteroatoms. The molecule has 2 aliphatic heterocycles. The number of cyclic esters (lactones) is 1. The van der Waals surface area contributed by atoms with Crippen LogP contribution in [-0.2, 0) is 37.8 Å². The third-order valence-corrected chi connectivity index (χ3v) is 5.37. The van der Waals surface area contributed by atoms with E-state index in [1.54, 1.807) is 10.6 Å². The van der Waals surface area contributed by atoms with Gasteiger partial charge in [0.1, 0.15) is 6.61 Å². The van der Waals surface area contributed by atoms with Gasteiger partial charge in [-0.15, -0.1) is 0 Å². The van der Waals surface area contributed by atoms with Crippen molar-refractivity contribution in [1.29, 1.82) is 0 Å². The van der Waals surface area contributed by atoms with Crippen molar-refractivity contribution in [2.45, 2.75) is 32.6 Å². The molecule has 2 aliphatic rings. The largest absolute Gasteiger partial charge is 0.457 e. The molecule has 0 saturated carbocycles. The van der Waals surface area contributed by atoms with Crippen LogP contribution in [0, 0.1) is 0 Å². The van der Waals surface area contributed by atoms with Gasteiger partial charge in [-0.3, -0.25) is 9.59 Å². The normalized spacial score (nSPS) is 19.6. The van der Waals surface area contributed by atoms with Crippen LogP contribution in [-0.4, -0.2) is 21.5 Å². The number of hydrogen-bond donors (Lipinski definition) is 0. The number of carbonyl (C=O) groups is 2. The summed E-state index contributed by atoms with van der Waals surface area (Å²) < 4.78 is 12.1. The smallest absolute Gasteiger partial charge is 0.355 e. The fraction of sp³-hybridized carbons (Fsp3) is 0.238. The van der Waals surface area contributed by atoms with Gasteiger partial charge in [0.05, 0.1) is 29.0 Å². The Morgan fingerprint density at radius 3 is 2.82 bits per heavy atom. The molecule has 28 heavy (non-hydrogen) atoms. The van der Waals surface area contributed by atoms with Gasteiger partial charge in [-0.1, -0.05) is 18.2 Å². The predicted molar refractivity (Wildman–Crippen MR) is 99.5 cm³/mol. The third-order valence-electron chi connectivity index (χ3n) is 5.37. The Morgan fingerprint density at radius 2 is 2.04 bits per heavy atom. The highest BCUT2D eigenvalue weighted by molar-refractivity contribution is 5.87. The van der Waals surface area contributed by atoms with Crippen molar-refractivity contribution in [2.24, 2.45) is 0 Å². The van der Waals surface area contributed by atoms with Crippen molar-refractivity contribution in [3.63, 3.8) is 0 Å². The molecular weight excluding hydrogens is 360 g/mol. The monoisotopic (exact) mass is 376 g/mol. The Balaban J connectivity index is 1.78. The van der Waals surface area contributed by atoms with Gasteiger partial charge >= 0.3 is 11.9 Å². The minimum atomic E-state index is -1.66. The number of esters is 2. The highest BCUT2D eigenvalue weighted by Crippen LogP contribution is 2.38. The lowest BCUT2D eigenvalue weighted by atomic mass is 9.89. The molecule has 3 aromatic rings. The summed E-state index contributed by atoms with van der Waals surface area (Å²) >= 11 is 0. The highest BCUT2D eigenvalue weighted by atomic mass is 16.6. The van der Waals surface area contributed by atoms with E-state index in [0.29, 0.717) is 29.1 Å². The first-order valence-corrected chi connectivity index (χ1v) is 8.91. The maximum Gasteiger partial charge on any atom is 0.355 e. The van der Waals surface area contributed by atoms with Crippen LogP contribution >= 0.6 is 0 Å². The molecule has 1 aromatic carbocycles. The average Bonchev–Trinajstić information content (AvgIpc) is 3.01. The average molecular weight is 376 g/mol. The van der Waals surface area contributed by atoms with Gasteiger partial charge in [0.15, 0.2) is 0 Å². The van der Waals surface area contributed by atoms with E-state index >= 15 is 0 Å². The quantitative estimate of drug-likeness (QED) is 0.474. The van der Waals surface area contributed by atoms with Crippen LogP contribution in [0.3, 0.4) is 0 Å². The van der Waals surface area contributed by atoms with Crippen LogP contribution in [0.5, 0.6) is 0 Å².